The number of nitrogens with zero attached hydrogens (tertiary/aromatic N) is 2. The van der Waals surface area contributed by atoms with Crippen molar-refractivity contribution < 1.29 is 17.6 Å². The van der Waals surface area contributed by atoms with Crippen molar-refractivity contribution >= 4 is 38.0 Å². The van der Waals surface area contributed by atoms with E-state index in [0.29, 0.717) is 6.54 Å². The van der Waals surface area contributed by atoms with Crippen LogP contribution in [0.5, 0.6) is 0 Å². The zero-order valence-corrected chi connectivity index (χ0v) is 20.6. The zero-order chi connectivity index (χ0) is 24.8. The van der Waals surface area contributed by atoms with Crippen molar-refractivity contribution in [3.63, 3.8) is 0 Å². The largest absolute Gasteiger partial charge is 0.332 e. The van der Waals surface area contributed by atoms with Crippen LogP contribution in [0.25, 0.3) is 10.8 Å². The molecule has 1 amide bonds. The Labute approximate surface area is 208 Å². The molecule has 4 aromatic rings. The Balaban J connectivity index is 1.60. The lowest BCUT2D eigenvalue weighted by atomic mass is 10.1. The maximum Gasteiger partial charge on any atom is 0.243 e. The second-order valence-electron chi connectivity index (χ2n) is 8.05. The summed E-state index contributed by atoms with van der Waals surface area (Å²) in [5.74, 6) is -0.711. The third-order valence-corrected chi connectivity index (χ3v) is 8.24. The van der Waals surface area contributed by atoms with Crippen LogP contribution in [0, 0.1) is 5.82 Å². The van der Waals surface area contributed by atoms with Gasteiger partial charge in [-0.05, 0) is 52.0 Å². The van der Waals surface area contributed by atoms with Crippen molar-refractivity contribution in [2.75, 3.05) is 13.1 Å². The highest BCUT2D eigenvalue weighted by Gasteiger charge is 2.28. The van der Waals surface area contributed by atoms with Gasteiger partial charge in [0.25, 0.3) is 0 Å². The number of hydrogen-bond acceptors (Lipinski definition) is 4. The molecule has 0 aliphatic carbocycles. The molecule has 0 bridgehead atoms. The summed E-state index contributed by atoms with van der Waals surface area (Å²) in [6.45, 7) is 3.89. The molecule has 0 saturated heterocycles. The van der Waals surface area contributed by atoms with Gasteiger partial charge in [0.05, 0.1) is 18.0 Å². The molecule has 0 fully saturated rings. The van der Waals surface area contributed by atoms with Gasteiger partial charge < -0.3 is 4.90 Å². The lowest BCUT2D eigenvalue weighted by molar-refractivity contribution is -0.132. The molecular weight excluding hydrogens is 483 g/mol. The van der Waals surface area contributed by atoms with E-state index in [1.165, 1.54) is 29.5 Å². The number of rotatable bonds is 10. The van der Waals surface area contributed by atoms with Gasteiger partial charge in [-0.2, -0.15) is 4.31 Å². The van der Waals surface area contributed by atoms with Crippen LogP contribution in [0.1, 0.15) is 10.4 Å². The molecule has 0 saturated carbocycles. The minimum Gasteiger partial charge on any atom is -0.332 e. The number of sulfonamides is 1. The van der Waals surface area contributed by atoms with E-state index in [-0.39, 0.29) is 36.3 Å². The average Bonchev–Trinajstić information content (AvgIpc) is 3.37. The minimum absolute atomic E-state index is 0.00963. The highest BCUT2D eigenvalue weighted by molar-refractivity contribution is 7.89. The molecule has 1 heterocycles. The maximum atomic E-state index is 13.5. The fourth-order valence-electron chi connectivity index (χ4n) is 3.75. The summed E-state index contributed by atoms with van der Waals surface area (Å²) in [5.41, 5.74) is 0.754. The minimum atomic E-state index is -3.96. The standard InChI is InChI=1S/C27H25FN2O3S2/c1-2-15-30(35(32,33)26-14-11-22-6-3-4-7-23(22)17-26)20-27(31)29(19-25-8-5-16-34-25)18-21-9-12-24(28)13-10-21/h2-14,16-17H,1,15,18-20H2. The van der Waals surface area contributed by atoms with Crippen molar-refractivity contribution in [3.8, 4) is 0 Å². The van der Waals surface area contributed by atoms with Gasteiger partial charge in [-0.25, -0.2) is 12.8 Å². The van der Waals surface area contributed by atoms with Crippen molar-refractivity contribution in [2.45, 2.75) is 18.0 Å². The highest BCUT2D eigenvalue weighted by Crippen LogP contribution is 2.23. The fourth-order valence-corrected chi connectivity index (χ4v) is 5.87. The Morgan fingerprint density at radius 1 is 0.943 bits per heavy atom. The van der Waals surface area contributed by atoms with Gasteiger partial charge in [0, 0.05) is 18.0 Å². The van der Waals surface area contributed by atoms with E-state index in [0.717, 1.165) is 25.5 Å². The third-order valence-electron chi connectivity index (χ3n) is 5.57. The summed E-state index contributed by atoms with van der Waals surface area (Å²) in [5, 5.41) is 3.65. The van der Waals surface area contributed by atoms with Gasteiger partial charge in [0.1, 0.15) is 5.82 Å². The molecule has 3 aromatic carbocycles. The third kappa shape index (κ3) is 6.03. The molecule has 35 heavy (non-hydrogen) atoms. The number of thiophene rings is 1. The maximum absolute atomic E-state index is 13.5. The SMILES string of the molecule is C=CCN(CC(=O)N(Cc1ccc(F)cc1)Cc1cccs1)S(=O)(=O)c1ccc2ccccc2c1. The summed E-state index contributed by atoms with van der Waals surface area (Å²) >= 11 is 1.51. The summed E-state index contributed by atoms with van der Waals surface area (Å²) in [6.07, 6.45) is 1.47. The molecule has 0 atom stereocenters. The lowest BCUT2D eigenvalue weighted by Gasteiger charge is -2.27. The number of amides is 1. The van der Waals surface area contributed by atoms with Gasteiger partial charge in [-0.3, -0.25) is 4.79 Å². The van der Waals surface area contributed by atoms with Crippen molar-refractivity contribution in [1.82, 2.24) is 9.21 Å². The Morgan fingerprint density at radius 3 is 2.37 bits per heavy atom. The molecule has 0 aliphatic heterocycles. The average molecular weight is 509 g/mol. The van der Waals surface area contributed by atoms with Crippen LogP contribution in [0.4, 0.5) is 4.39 Å². The summed E-state index contributed by atoms with van der Waals surface area (Å²) in [6, 6.07) is 22.2. The van der Waals surface area contributed by atoms with E-state index in [1.54, 1.807) is 35.2 Å². The number of carbonyl (C=O) groups is 1. The molecule has 4 rings (SSSR count). The first-order chi connectivity index (χ1) is 16.9. The molecule has 0 aliphatic rings. The molecule has 0 spiro atoms. The molecule has 180 valence electrons. The van der Waals surface area contributed by atoms with E-state index < -0.39 is 10.0 Å². The molecule has 8 heteroatoms. The number of halogens is 1. The van der Waals surface area contributed by atoms with E-state index in [1.807, 2.05) is 41.8 Å². The van der Waals surface area contributed by atoms with Crippen molar-refractivity contribution in [1.29, 1.82) is 0 Å². The van der Waals surface area contributed by atoms with Crippen LogP contribution in [0.2, 0.25) is 0 Å². The van der Waals surface area contributed by atoms with Crippen LogP contribution < -0.4 is 0 Å². The van der Waals surface area contributed by atoms with Gasteiger partial charge in [-0.1, -0.05) is 54.6 Å². The predicted octanol–water partition coefficient (Wildman–Crippen LogP) is 5.45. The second-order valence-corrected chi connectivity index (χ2v) is 11.0. The molecule has 0 unspecified atom stereocenters. The number of benzene rings is 3. The first-order valence-corrected chi connectivity index (χ1v) is 13.3. The zero-order valence-electron chi connectivity index (χ0n) is 19.0. The Morgan fingerprint density at radius 2 is 1.69 bits per heavy atom. The van der Waals surface area contributed by atoms with E-state index in [9.17, 15) is 17.6 Å². The van der Waals surface area contributed by atoms with Crippen molar-refractivity contribution in [3.05, 3.63) is 113 Å². The van der Waals surface area contributed by atoms with Gasteiger partial charge >= 0.3 is 0 Å². The lowest BCUT2D eigenvalue weighted by Crippen LogP contribution is -2.42. The Kier molecular flexibility index (Phi) is 7.75. The van der Waals surface area contributed by atoms with Crippen LogP contribution in [0.15, 0.2) is 102 Å². The van der Waals surface area contributed by atoms with Crippen LogP contribution in [0.3, 0.4) is 0 Å². The van der Waals surface area contributed by atoms with Crippen LogP contribution in [-0.4, -0.2) is 36.6 Å². The molecule has 5 nitrogen and oxygen atoms in total. The molecule has 0 radical (unpaired) electrons. The molecule has 1 aromatic heterocycles. The summed E-state index contributed by atoms with van der Waals surface area (Å²) in [7, 11) is -3.96. The molecule has 0 N–H and O–H groups in total. The summed E-state index contributed by atoms with van der Waals surface area (Å²) < 4.78 is 41.5. The van der Waals surface area contributed by atoms with E-state index in [4.69, 9.17) is 0 Å². The van der Waals surface area contributed by atoms with Gasteiger partial charge in [0.2, 0.25) is 15.9 Å². The Bertz CT molecular complexity index is 1420. The monoisotopic (exact) mass is 508 g/mol. The molecular formula is C27H25FN2O3S2. The first kappa shape index (κ1) is 24.8. The number of fused-ring (bicyclic) bond motifs is 1. The van der Waals surface area contributed by atoms with Crippen LogP contribution >= 0.6 is 11.3 Å². The fraction of sp³-hybridized carbons (Fsp3) is 0.148. The summed E-state index contributed by atoms with van der Waals surface area (Å²) in [4.78, 5) is 16.1. The predicted molar refractivity (Wildman–Crippen MR) is 138 cm³/mol. The van der Waals surface area contributed by atoms with Crippen molar-refractivity contribution in [2.24, 2.45) is 0 Å². The van der Waals surface area contributed by atoms with Crippen LogP contribution in [-0.2, 0) is 27.9 Å². The van der Waals surface area contributed by atoms with Gasteiger partial charge in [0.15, 0.2) is 0 Å². The quantitative estimate of drug-likeness (QED) is 0.268. The normalized spacial score (nSPS) is 11.6. The number of hydrogen-bond donors (Lipinski definition) is 0. The second kappa shape index (κ2) is 10.9. The smallest absolute Gasteiger partial charge is 0.243 e. The van der Waals surface area contributed by atoms with E-state index >= 15 is 0 Å². The van der Waals surface area contributed by atoms with Gasteiger partial charge in [-0.15, -0.1) is 17.9 Å². The highest BCUT2D eigenvalue weighted by atomic mass is 32.2. The number of carbonyl (C=O) groups excluding carboxylic acids is 1. The Hall–Kier alpha value is -3.33. The first-order valence-electron chi connectivity index (χ1n) is 11.0. The topological polar surface area (TPSA) is 57.7 Å². The van der Waals surface area contributed by atoms with E-state index in [2.05, 4.69) is 6.58 Å².